The van der Waals surface area contributed by atoms with E-state index in [-0.39, 0.29) is 6.04 Å². The van der Waals surface area contributed by atoms with Gasteiger partial charge < -0.3 is 19.8 Å². The highest BCUT2D eigenvalue weighted by molar-refractivity contribution is 5.79. The highest BCUT2D eigenvalue weighted by atomic mass is 16.5. The van der Waals surface area contributed by atoms with Gasteiger partial charge in [-0.3, -0.25) is 9.89 Å². The largest absolute Gasteiger partial charge is 0.468 e. The molecule has 1 saturated carbocycles. The first-order chi connectivity index (χ1) is 13.3. The topological polar surface area (TPSA) is 62.0 Å². The first-order valence-corrected chi connectivity index (χ1v) is 10.6. The van der Waals surface area contributed by atoms with Gasteiger partial charge in [-0.25, -0.2) is 0 Å². The molecule has 1 saturated heterocycles. The van der Waals surface area contributed by atoms with E-state index in [2.05, 4.69) is 33.5 Å². The number of likely N-dealkylation sites (tertiary alicyclic amines) is 1. The summed E-state index contributed by atoms with van der Waals surface area (Å²) in [5.74, 6) is 1.92. The van der Waals surface area contributed by atoms with Crippen molar-refractivity contribution < 1.29 is 9.15 Å². The van der Waals surface area contributed by atoms with Crippen LogP contribution in [0.4, 0.5) is 0 Å². The number of hydrogen-bond donors (Lipinski definition) is 2. The van der Waals surface area contributed by atoms with Gasteiger partial charge in [-0.2, -0.15) is 0 Å². The Bertz CT molecular complexity index is 563. The molecule has 0 bridgehead atoms. The third kappa shape index (κ3) is 5.98. The number of aliphatic imine (C=N–C) groups is 1. The summed E-state index contributed by atoms with van der Waals surface area (Å²) in [7, 11) is 1.85. The van der Waals surface area contributed by atoms with Crippen LogP contribution >= 0.6 is 0 Å². The molecule has 27 heavy (non-hydrogen) atoms. The van der Waals surface area contributed by atoms with Crippen molar-refractivity contribution >= 4 is 5.96 Å². The van der Waals surface area contributed by atoms with E-state index < -0.39 is 0 Å². The molecule has 0 aromatic carbocycles. The van der Waals surface area contributed by atoms with E-state index in [0.717, 1.165) is 57.5 Å². The van der Waals surface area contributed by atoms with Gasteiger partial charge in [-0.15, -0.1) is 0 Å². The molecule has 2 heterocycles. The van der Waals surface area contributed by atoms with Gasteiger partial charge in [0.05, 0.1) is 12.3 Å². The molecule has 0 amide bonds. The van der Waals surface area contributed by atoms with Gasteiger partial charge in [-0.1, -0.05) is 6.42 Å². The van der Waals surface area contributed by atoms with Crippen LogP contribution < -0.4 is 10.6 Å². The minimum atomic E-state index is 0.256. The van der Waals surface area contributed by atoms with Crippen molar-refractivity contribution in [3.8, 4) is 0 Å². The van der Waals surface area contributed by atoms with Crippen LogP contribution in [0.2, 0.25) is 0 Å². The second-order valence-corrected chi connectivity index (χ2v) is 7.88. The second-order valence-electron chi connectivity index (χ2n) is 7.88. The van der Waals surface area contributed by atoms with Crippen LogP contribution in [0.25, 0.3) is 0 Å². The summed E-state index contributed by atoms with van der Waals surface area (Å²) < 4.78 is 11.3. The molecule has 1 aliphatic heterocycles. The molecule has 0 radical (unpaired) electrons. The Morgan fingerprint density at radius 1 is 1.30 bits per heavy atom. The normalized spacial score (nSPS) is 21.0. The maximum atomic E-state index is 5.74. The van der Waals surface area contributed by atoms with E-state index in [1.165, 1.54) is 32.1 Å². The number of piperidine rings is 1. The van der Waals surface area contributed by atoms with E-state index in [0.29, 0.717) is 5.41 Å². The molecule has 0 spiro atoms. The number of nitrogens with one attached hydrogen (secondary N) is 2. The molecule has 3 rings (SSSR count). The number of rotatable bonds is 10. The number of ether oxygens (including phenoxy) is 1. The van der Waals surface area contributed by atoms with Crippen molar-refractivity contribution in [2.45, 2.75) is 51.5 Å². The summed E-state index contributed by atoms with van der Waals surface area (Å²) in [6.07, 6.45) is 9.35. The summed E-state index contributed by atoms with van der Waals surface area (Å²) in [4.78, 5) is 6.96. The Balaban J connectivity index is 1.49. The molecule has 152 valence electrons. The van der Waals surface area contributed by atoms with Crippen molar-refractivity contribution in [3.63, 3.8) is 0 Å². The van der Waals surface area contributed by atoms with Crippen LogP contribution in [0.5, 0.6) is 0 Å². The van der Waals surface area contributed by atoms with Crippen molar-refractivity contribution in [2.75, 3.05) is 46.4 Å². The van der Waals surface area contributed by atoms with E-state index >= 15 is 0 Å². The molecule has 6 nitrogen and oxygen atoms in total. The number of hydrogen-bond acceptors (Lipinski definition) is 4. The zero-order chi connectivity index (χ0) is 19.0. The molecule has 2 N–H and O–H groups in total. The molecule has 2 fully saturated rings. The average molecular weight is 377 g/mol. The summed E-state index contributed by atoms with van der Waals surface area (Å²) in [5, 5.41) is 7.07. The summed E-state index contributed by atoms with van der Waals surface area (Å²) >= 11 is 0. The molecule has 6 heteroatoms. The Kier molecular flexibility index (Phi) is 7.59. The molecular weight excluding hydrogens is 340 g/mol. The summed E-state index contributed by atoms with van der Waals surface area (Å²) in [6.45, 7) is 7.77. The predicted octanol–water partition coefficient (Wildman–Crippen LogP) is 3.18. The first kappa shape index (κ1) is 20.2. The van der Waals surface area contributed by atoms with E-state index in [9.17, 15) is 0 Å². The zero-order valence-electron chi connectivity index (χ0n) is 17.0. The van der Waals surface area contributed by atoms with Crippen LogP contribution in [0.3, 0.4) is 0 Å². The van der Waals surface area contributed by atoms with Crippen LogP contribution in [0.1, 0.15) is 57.3 Å². The van der Waals surface area contributed by atoms with E-state index in [4.69, 9.17) is 9.15 Å². The molecule has 1 atom stereocenters. The number of furan rings is 1. The fraction of sp³-hybridized carbons (Fsp3) is 0.762. The predicted molar refractivity (Wildman–Crippen MR) is 109 cm³/mol. The SMILES string of the molecule is CCOCCC1(CNC(=NC)NCC(c2ccco2)N2CCCCC2)CC1. The van der Waals surface area contributed by atoms with Gasteiger partial charge >= 0.3 is 0 Å². The molecular formula is C21H36N4O2. The van der Waals surface area contributed by atoms with Gasteiger partial charge in [0, 0.05) is 33.4 Å². The molecule has 1 aliphatic carbocycles. The average Bonchev–Trinajstić information content (AvgIpc) is 3.26. The third-order valence-corrected chi connectivity index (χ3v) is 5.96. The van der Waals surface area contributed by atoms with Gasteiger partial charge in [0.1, 0.15) is 5.76 Å². The Labute approximate surface area is 163 Å². The highest BCUT2D eigenvalue weighted by Gasteiger charge is 2.42. The van der Waals surface area contributed by atoms with Crippen molar-refractivity contribution in [3.05, 3.63) is 24.2 Å². The number of guanidine groups is 1. The van der Waals surface area contributed by atoms with Crippen molar-refractivity contribution in [2.24, 2.45) is 10.4 Å². The molecule has 1 aromatic heterocycles. The monoisotopic (exact) mass is 376 g/mol. The van der Waals surface area contributed by atoms with Gasteiger partial charge in [-0.05, 0) is 69.7 Å². The summed E-state index contributed by atoms with van der Waals surface area (Å²) in [5.41, 5.74) is 0.403. The second kappa shape index (κ2) is 10.1. The molecule has 1 unspecified atom stereocenters. The lowest BCUT2D eigenvalue weighted by atomic mass is 10.0. The standard InChI is InChI=1S/C21H36N4O2/c1-3-26-15-11-21(9-10-21)17-24-20(22-2)23-16-18(19-8-7-14-27-19)25-12-5-4-6-13-25/h7-8,14,18H,3-6,9-13,15-17H2,1-2H3,(H2,22,23,24). The number of nitrogens with zero attached hydrogens (tertiary/aromatic N) is 2. The molecule has 2 aliphatic rings. The Hall–Kier alpha value is -1.53. The van der Waals surface area contributed by atoms with Gasteiger partial charge in [0.15, 0.2) is 5.96 Å². The Morgan fingerprint density at radius 2 is 2.11 bits per heavy atom. The van der Waals surface area contributed by atoms with Crippen LogP contribution in [-0.2, 0) is 4.74 Å². The van der Waals surface area contributed by atoms with Crippen molar-refractivity contribution in [1.29, 1.82) is 0 Å². The lowest BCUT2D eigenvalue weighted by Crippen LogP contribution is -2.45. The highest BCUT2D eigenvalue weighted by Crippen LogP contribution is 2.48. The fourth-order valence-corrected chi connectivity index (χ4v) is 3.93. The molecule has 1 aromatic rings. The van der Waals surface area contributed by atoms with Gasteiger partial charge in [0.2, 0.25) is 0 Å². The smallest absolute Gasteiger partial charge is 0.191 e. The lowest BCUT2D eigenvalue weighted by molar-refractivity contribution is 0.128. The van der Waals surface area contributed by atoms with E-state index in [1.807, 2.05) is 13.1 Å². The maximum absolute atomic E-state index is 5.74. The zero-order valence-corrected chi connectivity index (χ0v) is 17.0. The minimum absolute atomic E-state index is 0.256. The summed E-state index contributed by atoms with van der Waals surface area (Å²) in [6, 6.07) is 4.32. The maximum Gasteiger partial charge on any atom is 0.191 e. The van der Waals surface area contributed by atoms with Crippen LogP contribution in [-0.4, -0.2) is 57.3 Å². The van der Waals surface area contributed by atoms with Crippen LogP contribution in [0.15, 0.2) is 27.8 Å². The lowest BCUT2D eigenvalue weighted by Gasteiger charge is -2.33. The van der Waals surface area contributed by atoms with Crippen LogP contribution in [0, 0.1) is 5.41 Å². The fourth-order valence-electron chi connectivity index (χ4n) is 3.93. The first-order valence-electron chi connectivity index (χ1n) is 10.6. The minimum Gasteiger partial charge on any atom is -0.468 e. The van der Waals surface area contributed by atoms with Gasteiger partial charge in [0.25, 0.3) is 0 Å². The Morgan fingerprint density at radius 3 is 2.74 bits per heavy atom. The van der Waals surface area contributed by atoms with E-state index in [1.54, 1.807) is 6.26 Å². The third-order valence-electron chi connectivity index (χ3n) is 5.96. The van der Waals surface area contributed by atoms with Crippen molar-refractivity contribution in [1.82, 2.24) is 15.5 Å². The quantitative estimate of drug-likeness (QED) is 0.373.